The second-order valence-electron chi connectivity index (χ2n) is 3.51. The smallest absolute Gasteiger partial charge is 0.0935 e. The molecule has 0 radical (unpaired) electrons. The Morgan fingerprint density at radius 2 is 1.62 bits per heavy atom. The Balaban J connectivity index is 3.50. The molecule has 0 rings (SSSR count). The summed E-state index contributed by atoms with van der Waals surface area (Å²) in [5.74, 6) is 0. The monoisotopic (exact) mass is 190 g/mol. The van der Waals surface area contributed by atoms with Gasteiger partial charge in [-0.1, -0.05) is 20.8 Å². The van der Waals surface area contributed by atoms with Gasteiger partial charge < -0.3 is 20.8 Å². The van der Waals surface area contributed by atoms with Crippen LogP contribution in [0.1, 0.15) is 20.8 Å². The van der Waals surface area contributed by atoms with Crippen molar-refractivity contribution in [3.05, 3.63) is 0 Å². The maximum Gasteiger partial charge on any atom is 0.0935 e. The predicted octanol–water partition coefficient (Wildman–Crippen LogP) is -0.684. The van der Waals surface area contributed by atoms with Crippen LogP contribution < -0.4 is 10.6 Å². The minimum Gasteiger partial charge on any atom is -0.389 e. The Bertz CT molecular complexity index is 120. The predicted molar refractivity (Wildman–Crippen MR) is 53.7 cm³/mol. The molecule has 80 valence electrons. The van der Waals surface area contributed by atoms with Crippen molar-refractivity contribution in [2.75, 3.05) is 19.6 Å². The standard InChI is InChI=1S/C9H22N2O2/c1-4-10-5-8(12)9(13)6-11-7(2)3/h7-13H,4-6H2,1-3H3. The van der Waals surface area contributed by atoms with Gasteiger partial charge in [0, 0.05) is 19.1 Å². The molecule has 0 spiro atoms. The zero-order valence-electron chi connectivity index (χ0n) is 8.75. The maximum absolute atomic E-state index is 9.44. The molecule has 4 heteroatoms. The van der Waals surface area contributed by atoms with Crippen LogP contribution in [0, 0.1) is 0 Å². The van der Waals surface area contributed by atoms with Gasteiger partial charge in [0.25, 0.3) is 0 Å². The second-order valence-corrected chi connectivity index (χ2v) is 3.51. The molecular weight excluding hydrogens is 168 g/mol. The average molecular weight is 190 g/mol. The Labute approximate surface area is 80.3 Å². The van der Waals surface area contributed by atoms with Crippen molar-refractivity contribution in [3.63, 3.8) is 0 Å². The van der Waals surface area contributed by atoms with E-state index >= 15 is 0 Å². The second kappa shape index (κ2) is 7.26. The number of hydrogen-bond acceptors (Lipinski definition) is 4. The summed E-state index contributed by atoms with van der Waals surface area (Å²) in [4.78, 5) is 0. The fourth-order valence-electron chi connectivity index (χ4n) is 0.921. The summed E-state index contributed by atoms with van der Waals surface area (Å²) in [5, 5.41) is 24.9. The lowest BCUT2D eigenvalue weighted by Gasteiger charge is -2.19. The molecule has 0 aliphatic carbocycles. The van der Waals surface area contributed by atoms with Crippen LogP contribution in [0.4, 0.5) is 0 Å². The fourth-order valence-corrected chi connectivity index (χ4v) is 0.921. The number of aliphatic hydroxyl groups is 2. The van der Waals surface area contributed by atoms with E-state index in [1.54, 1.807) is 0 Å². The molecule has 0 aromatic carbocycles. The van der Waals surface area contributed by atoms with Gasteiger partial charge in [0.15, 0.2) is 0 Å². The molecule has 0 bridgehead atoms. The molecule has 0 fully saturated rings. The lowest BCUT2D eigenvalue weighted by Crippen LogP contribution is -2.43. The van der Waals surface area contributed by atoms with Gasteiger partial charge in [-0.05, 0) is 6.54 Å². The van der Waals surface area contributed by atoms with Gasteiger partial charge in [-0.15, -0.1) is 0 Å². The quantitative estimate of drug-likeness (QED) is 0.429. The number of rotatable bonds is 7. The highest BCUT2D eigenvalue weighted by Crippen LogP contribution is 1.91. The van der Waals surface area contributed by atoms with Gasteiger partial charge in [0.2, 0.25) is 0 Å². The topological polar surface area (TPSA) is 64.5 Å². The molecular formula is C9H22N2O2. The Morgan fingerprint density at radius 1 is 1.08 bits per heavy atom. The first-order chi connectivity index (χ1) is 6.07. The Kier molecular flexibility index (Phi) is 7.17. The van der Waals surface area contributed by atoms with Gasteiger partial charge >= 0.3 is 0 Å². The first-order valence-electron chi connectivity index (χ1n) is 4.88. The van der Waals surface area contributed by atoms with Gasteiger partial charge in [0.05, 0.1) is 12.2 Å². The van der Waals surface area contributed by atoms with Crippen LogP contribution in [0.2, 0.25) is 0 Å². The van der Waals surface area contributed by atoms with Gasteiger partial charge in [-0.25, -0.2) is 0 Å². The fraction of sp³-hybridized carbons (Fsp3) is 1.00. The van der Waals surface area contributed by atoms with Crippen LogP contribution in [-0.2, 0) is 0 Å². The summed E-state index contributed by atoms with van der Waals surface area (Å²) in [6, 6.07) is 0.334. The van der Waals surface area contributed by atoms with E-state index in [2.05, 4.69) is 10.6 Å². The average Bonchev–Trinajstić information content (AvgIpc) is 2.10. The molecule has 0 heterocycles. The van der Waals surface area contributed by atoms with E-state index in [4.69, 9.17) is 0 Å². The highest BCUT2D eigenvalue weighted by atomic mass is 16.3. The molecule has 4 nitrogen and oxygen atoms in total. The Hall–Kier alpha value is -0.160. The lowest BCUT2D eigenvalue weighted by atomic mass is 10.2. The van der Waals surface area contributed by atoms with E-state index in [-0.39, 0.29) is 0 Å². The number of nitrogens with one attached hydrogen (secondary N) is 2. The molecule has 4 N–H and O–H groups in total. The summed E-state index contributed by atoms with van der Waals surface area (Å²) < 4.78 is 0. The van der Waals surface area contributed by atoms with Crippen LogP contribution in [0.3, 0.4) is 0 Å². The number of aliphatic hydroxyl groups excluding tert-OH is 2. The van der Waals surface area contributed by atoms with Crippen molar-refractivity contribution in [2.45, 2.75) is 39.0 Å². The molecule has 0 aromatic rings. The molecule has 0 aliphatic heterocycles. The molecule has 0 saturated heterocycles. The first-order valence-corrected chi connectivity index (χ1v) is 4.88. The summed E-state index contributed by atoms with van der Waals surface area (Å²) in [6.45, 7) is 7.65. The lowest BCUT2D eigenvalue weighted by molar-refractivity contribution is 0.0202. The van der Waals surface area contributed by atoms with Crippen molar-refractivity contribution >= 4 is 0 Å². The maximum atomic E-state index is 9.44. The van der Waals surface area contributed by atoms with Crippen LogP contribution in [0.15, 0.2) is 0 Å². The van der Waals surface area contributed by atoms with Crippen molar-refractivity contribution in [3.8, 4) is 0 Å². The summed E-state index contributed by atoms with van der Waals surface area (Å²) in [7, 11) is 0. The SMILES string of the molecule is CCNCC(O)C(O)CNC(C)C. The third-order valence-electron chi connectivity index (χ3n) is 1.78. The molecule has 13 heavy (non-hydrogen) atoms. The molecule has 0 saturated carbocycles. The Morgan fingerprint density at radius 3 is 2.08 bits per heavy atom. The van der Waals surface area contributed by atoms with E-state index in [1.807, 2.05) is 20.8 Å². The molecule has 0 aliphatic rings. The normalized spacial score (nSPS) is 16.2. The third-order valence-corrected chi connectivity index (χ3v) is 1.78. The highest BCUT2D eigenvalue weighted by molar-refractivity contribution is 4.72. The number of likely N-dealkylation sites (N-methyl/N-ethyl adjacent to an activating group) is 1. The molecule has 0 amide bonds. The van der Waals surface area contributed by atoms with Crippen molar-refractivity contribution in [2.24, 2.45) is 0 Å². The van der Waals surface area contributed by atoms with Crippen LogP contribution in [0.5, 0.6) is 0 Å². The van der Waals surface area contributed by atoms with Crippen molar-refractivity contribution in [1.29, 1.82) is 0 Å². The van der Waals surface area contributed by atoms with E-state index < -0.39 is 12.2 Å². The zero-order chi connectivity index (χ0) is 10.3. The zero-order valence-corrected chi connectivity index (χ0v) is 8.75. The van der Waals surface area contributed by atoms with Gasteiger partial charge in [-0.3, -0.25) is 0 Å². The van der Waals surface area contributed by atoms with E-state index in [0.29, 0.717) is 19.1 Å². The highest BCUT2D eigenvalue weighted by Gasteiger charge is 2.14. The minimum atomic E-state index is -0.693. The molecule has 2 unspecified atom stereocenters. The minimum absolute atomic E-state index is 0.334. The van der Waals surface area contributed by atoms with Crippen molar-refractivity contribution < 1.29 is 10.2 Å². The van der Waals surface area contributed by atoms with E-state index in [0.717, 1.165) is 6.54 Å². The van der Waals surface area contributed by atoms with Gasteiger partial charge in [0.1, 0.15) is 0 Å². The molecule has 0 aromatic heterocycles. The third kappa shape index (κ3) is 6.95. The van der Waals surface area contributed by atoms with Gasteiger partial charge in [-0.2, -0.15) is 0 Å². The number of hydrogen-bond donors (Lipinski definition) is 4. The van der Waals surface area contributed by atoms with Crippen LogP contribution >= 0.6 is 0 Å². The van der Waals surface area contributed by atoms with Crippen LogP contribution in [0.25, 0.3) is 0 Å². The van der Waals surface area contributed by atoms with E-state index in [9.17, 15) is 10.2 Å². The largest absolute Gasteiger partial charge is 0.389 e. The molecule has 2 atom stereocenters. The summed E-state index contributed by atoms with van der Waals surface area (Å²) in [5.41, 5.74) is 0. The van der Waals surface area contributed by atoms with Crippen LogP contribution in [-0.4, -0.2) is 48.1 Å². The summed E-state index contributed by atoms with van der Waals surface area (Å²) in [6.07, 6.45) is -1.38. The first kappa shape index (κ1) is 12.8. The van der Waals surface area contributed by atoms with E-state index in [1.165, 1.54) is 0 Å². The van der Waals surface area contributed by atoms with Crippen molar-refractivity contribution in [1.82, 2.24) is 10.6 Å². The summed E-state index contributed by atoms with van der Waals surface area (Å²) >= 11 is 0.